The summed E-state index contributed by atoms with van der Waals surface area (Å²) >= 11 is 0. The number of nitrogens with zero attached hydrogens (tertiary/aromatic N) is 2. The van der Waals surface area contributed by atoms with Gasteiger partial charge in [0.05, 0.1) is 10.5 Å². The predicted molar refractivity (Wildman–Crippen MR) is 69.3 cm³/mol. The molecule has 0 spiro atoms. The van der Waals surface area contributed by atoms with E-state index >= 15 is 0 Å². The smallest absolute Gasteiger partial charge is 0.255 e. The van der Waals surface area contributed by atoms with Crippen LogP contribution in [0.2, 0.25) is 0 Å². The molecule has 6 heteroatoms. The summed E-state index contributed by atoms with van der Waals surface area (Å²) in [6, 6.07) is 2.84. The summed E-state index contributed by atoms with van der Waals surface area (Å²) in [5, 5.41) is 0. The van der Waals surface area contributed by atoms with Crippen LogP contribution in [0.25, 0.3) is 0 Å². The van der Waals surface area contributed by atoms with E-state index in [4.69, 9.17) is 0 Å². The number of rotatable bonds is 3. The summed E-state index contributed by atoms with van der Waals surface area (Å²) in [5.41, 5.74) is 0.675. The van der Waals surface area contributed by atoms with E-state index in [9.17, 15) is 13.0 Å². The molecule has 1 rings (SSSR count). The van der Waals surface area contributed by atoms with E-state index in [1.165, 1.54) is 12.3 Å². The lowest BCUT2D eigenvalue weighted by Crippen LogP contribution is -2.20. The molecule has 1 aromatic heterocycles. The van der Waals surface area contributed by atoms with E-state index in [0.717, 1.165) is 0 Å². The first-order valence-electron chi connectivity index (χ1n) is 5.43. The van der Waals surface area contributed by atoms with Crippen LogP contribution in [-0.2, 0) is 11.0 Å². The lowest BCUT2D eigenvalue weighted by molar-refractivity contribution is 0.146. The molecule has 0 fully saturated rings. The SMILES string of the molecule is C/C(=N/[S@](=O)C(C)(C)C)c1ccnc(C(F)F)c1. The number of alkyl halides is 2. The van der Waals surface area contributed by atoms with Crippen LogP contribution >= 0.6 is 0 Å². The van der Waals surface area contributed by atoms with Crippen LogP contribution in [0.15, 0.2) is 22.7 Å². The average molecular weight is 274 g/mol. The molecule has 0 bridgehead atoms. The molecule has 0 N–H and O–H groups in total. The molecular formula is C12H16F2N2OS. The Morgan fingerprint density at radius 1 is 1.44 bits per heavy atom. The standard InChI is InChI=1S/C12H16F2N2OS/c1-8(16-18(17)12(2,3)4)9-5-6-15-10(7-9)11(13)14/h5-7,11H,1-4H3/b16-8-/t18-/m1/s1. The third-order valence-electron chi connectivity index (χ3n) is 2.17. The van der Waals surface area contributed by atoms with Gasteiger partial charge in [0.1, 0.15) is 16.7 Å². The van der Waals surface area contributed by atoms with Crippen LogP contribution in [0.3, 0.4) is 0 Å². The molecule has 18 heavy (non-hydrogen) atoms. The van der Waals surface area contributed by atoms with Gasteiger partial charge in [-0.3, -0.25) is 4.98 Å². The molecule has 0 aromatic carbocycles. The summed E-state index contributed by atoms with van der Waals surface area (Å²) < 4.78 is 40.4. The summed E-state index contributed by atoms with van der Waals surface area (Å²) in [4.78, 5) is 3.57. The highest BCUT2D eigenvalue weighted by molar-refractivity contribution is 7.85. The molecule has 0 saturated heterocycles. The first-order chi connectivity index (χ1) is 8.21. The maximum absolute atomic E-state index is 12.5. The molecule has 1 atom stereocenters. The lowest BCUT2D eigenvalue weighted by atomic mass is 10.1. The van der Waals surface area contributed by atoms with E-state index in [-0.39, 0.29) is 5.69 Å². The molecule has 0 aliphatic heterocycles. The Labute approximate surface area is 108 Å². The molecular weight excluding hydrogens is 258 g/mol. The zero-order valence-electron chi connectivity index (χ0n) is 10.8. The van der Waals surface area contributed by atoms with Crippen LogP contribution in [-0.4, -0.2) is 19.7 Å². The molecule has 0 amide bonds. The Hall–Kier alpha value is -1.17. The topological polar surface area (TPSA) is 42.3 Å². The van der Waals surface area contributed by atoms with E-state index in [0.29, 0.717) is 11.3 Å². The van der Waals surface area contributed by atoms with Gasteiger partial charge in [-0.1, -0.05) is 0 Å². The van der Waals surface area contributed by atoms with E-state index in [2.05, 4.69) is 9.38 Å². The molecule has 1 aromatic rings. The number of aromatic nitrogens is 1. The van der Waals surface area contributed by atoms with Crippen molar-refractivity contribution in [1.29, 1.82) is 0 Å². The minimum absolute atomic E-state index is 0.302. The van der Waals surface area contributed by atoms with Crippen LogP contribution in [0.1, 0.15) is 45.4 Å². The first kappa shape index (κ1) is 14.9. The molecule has 1 heterocycles. The third-order valence-corrected chi connectivity index (χ3v) is 3.65. The number of pyridine rings is 1. The molecule has 0 radical (unpaired) electrons. The van der Waals surface area contributed by atoms with Crippen molar-refractivity contribution in [1.82, 2.24) is 4.98 Å². The van der Waals surface area contributed by atoms with Crippen molar-refractivity contribution in [3.63, 3.8) is 0 Å². The Bertz CT molecular complexity index is 481. The molecule has 3 nitrogen and oxygen atoms in total. The first-order valence-corrected chi connectivity index (χ1v) is 6.54. The van der Waals surface area contributed by atoms with Gasteiger partial charge in [-0.15, -0.1) is 0 Å². The molecule has 0 unspecified atom stereocenters. The monoisotopic (exact) mass is 274 g/mol. The van der Waals surface area contributed by atoms with Gasteiger partial charge in [-0.2, -0.15) is 4.40 Å². The van der Waals surface area contributed by atoms with Gasteiger partial charge in [0.2, 0.25) is 0 Å². The number of hydrogen-bond acceptors (Lipinski definition) is 2. The van der Waals surface area contributed by atoms with Crippen LogP contribution in [0, 0.1) is 0 Å². The Morgan fingerprint density at radius 3 is 2.56 bits per heavy atom. The van der Waals surface area contributed by atoms with Crippen molar-refractivity contribution in [2.24, 2.45) is 4.40 Å². The average Bonchev–Trinajstić information content (AvgIpc) is 2.27. The minimum atomic E-state index is -2.62. The fourth-order valence-corrected chi connectivity index (χ4v) is 1.73. The second-order valence-corrected chi connectivity index (χ2v) is 6.71. The molecule has 100 valence electrons. The summed E-state index contributed by atoms with van der Waals surface area (Å²) in [7, 11) is -1.41. The van der Waals surface area contributed by atoms with Gasteiger partial charge in [0.15, 0.2) is 0 Å². The van der Waals surface area contributed by atoms with E-state index in [1.807, 2.05) is 0 Å². The second kappa shape index (κ2) is 5.65. The van der Waals surface area contributed by atoms with Gasteiger partial charge in [-0.25, -0.2) is 13.0 Å². The number of halogens is 2. The Kier molecular flexibility index (Phi) is 4.67. The Balaban J connectivity index is 3.04. The second-order valence-electron chi connectivity index (χ2n) is 4.81. The van der Waals surface area contributed by atoms with E-state index in [1.54, 1.807) is 33.8 Å². The van der Waals surface area contributed by atoms with Crippen LogP contribution < -0.4 is 0 Å². The van der Waals surface area contributed by atoms with Gasteiger partial charge < -0.3 is 0 Å². The fourth-order valence-electron chi connectivity index (χ4n) is 1.11. The zero-order chi connectivity index (χ0) is 13.9. The fraction of sp³-hybridized carbons (Fsp3) is 0.500. The highest BCUT2D eigenvalue weighted by Gasteiger charge is 2.19. The predicted octanol–water partition coefficient (Wildman–Crippen LogP) is 3.29. The molecule has 0 aliphatic rings. The summed E-state index contributed by atoms with van der Waals surface area (Å²) in [6.45, 7) is 7.05. The highest BCUT2D eigenvalue weighted by Crippen LogP contribution is 2.18. The molecule has 0 aliphatic carbocycles. The minimum Gasteiger partial charge on any atom is -0.255 e. The lowest BCUT2D eigenvalue weighted by Gasteiger charge is -2.14. The van der Waals surface area contributed by atoms with Crippen molar-refractivity contribution in [2.75, 3.05) is 0 Å². The summed E-state index contributed by atoms with van der Waals surface area (Å²) in [6.07, 6.45) is -1.32. The third kappa shape index (κ3) is 3.94. The van der Waals surface area contributed by atoms with Crippen molar-refractivity contribution in [3.8, 4) is 0 Å². The van der Waals surface area contributed by atoms with Gasteiger partial charge in [0.25, 0.3) is 6.43 Å². The van der Waals surface area contributed by atoms with Crippen LogP contribution in [0.5, 0.6) is 0 Å². The normalized spacial score (nSPS) is 14.9. The highest BCUT2D eigenvalue weighted by atomic mass is 32.2. The van der Waals surface area contributed by atoms with E-state index < -0.39 is 22.2 Å². The largest absolute Gasteiger partial charge is 0.280 e. The molecule has 0 saturated carbocycles. The Morgan fingerprint density at radius 2 is 2.06 bits per heavy atom. The van der Waals surface area contributed by atoms with Gasteiger partial charge in [-0.05, 0) is 45.4 Å². The number of hydrogen-bond donors (Lipinski definition) is 0. The quantitative estimate of drug-likeness (QED) is 0.794. The van der Waals surface area contributed by atoms with Crippen LogP contribution in [0.4, 0.5) is 8.78 Å². The van der Waals surface area contributed by atoms with Crippen molar-refractivity contribution < 1.29 is 13.0 Å². The summed E-state index contributed by atoms with van der Waals surface area (Å²) in [5.74, 6) is 0. The van der Waals surface area contributed by atoms with Gasteiger partial charge >= 0.3 is 0 Å². The maximum Gasteiger partial charge on any atom is 0.280 e. The van der Waals surface area contributed by atoms with Crippen molar-refractivity contribution in [2.45, 2.75) is 38.9 Å². The maximum atomic E-state index is 12.5. The zero-order valence-corrected chi connectivity index (χ0v) is 11.6. The van der Waals surface area contributed by atoms with Crippen molar-refractivity contribution in [3.05, 3.63) is 29.6 Å². The van der Waals surface area contributed by atoms with Gasteiger partial charge in [0, 0.05) is 6.20 Å². The van der Waals surface area contributed by atoms with Crippen molar-refractivity contribution >= 4 is 16.7 Å².